The van der Waals surface area contributed by atoms with Gasteiger partial charge in [0.05, 0.1) is 37.1 Å². The van der Waals surface area contributed by atoms with Crippen LogP contribution >= 0.6 is 0 Å². The van der Waals surface area contributed by atoms with E-state index in [2.05, 4.69) is 4.98 Å². The Kier molecular flexibility index (Phi) is 7.02. The molecule has 206 valence electrons. The zero-order valence-corrected chi connectivity index (χ0v) is 22.4. The highest BCUT2D eigenvalue weighted by atomic mass is 32.2. The van der Waals surface area contributed by atoms with Crippen LogP contribution < -0.4 is 4.74 Å². The molecule has 2 aliphatic heterocycles. The zero-order valence-electron chi connectivity index (χ0n) is 21.6. The number of fused-ring (bicyclic) bond motifs is 1. The first-order chi connectivity index (χ1) is 18.5. The average Bonchev–Trinajstić information content (AvgIpc) is 3.33. The molecule has 2 aliphatic rings. The largest absolute Gasteiger partial charge is 0.495 e. The SMILES string of the molecule is COc1cc(C=C2CCC3CN(S(C)(=O)=O)CC(c4cc(F)c(F)c(F)c4)N3C2=O)ccc1-n1cnc(C)c1. The predicted molar refractivity (Wildman–Crippen MR) is 138 cm³/mol. The highest BCUT2D eigenvalue weighted by Crippen LogP contribution is 2.38. The van der Waals surface area contributed by atoms with Crippen molar-refractivity contribution in [2.45, 2.75) is 31.8 Å². The number of ether oxygens (including phenoxy) is 1. The summed E-state index contributed by atoms with van der Waals surface area (Å²) < 4.78 is 75.4. The lowest BCUT2D eigenvalue weighted by Gasteiger charge is -2.48. The Morgan fingerprint density at radius 3 is 2.44 bits per heavy atom. The molecule has 0 spiro atoms. The number of benzene rings is 2. The van der Waals surface area contributed by atoms with Crippen LogP contribution in [-0.2, 0) is 14.8 Å². The smallest absolute Gasteiger partial charge is 0.250 e. The van der Waals surface area contributed by atoms with Crippen molar-refractivity contribution in [1.29, 1.82) is 0 Å². The third-order valence-corrected chi connectivity index (χ3v) is 8.41. The summed E-state index contributed by atoms with van der Waals surface area (Å²) in [5.74, 6) is -4.24. The number of aryl methyl sites for hydroxylation is 1. The van der Waals surface area contributed by atoms with Gasteiger partial charge in [0, 0.05) is 30.9 Å². The molecule has 0 radical (unpaired) electrons. The van der Waals surface area contributed by atoms with Crippen LogP contribution in [0, 0.1) is 24.4 Å². The van der Waals surface area contributed by atoms with E-state index in [1.165, 1.54) is 9.21 Å². The average molecular weight is 561 g/mol. The van der Waals surface area contributed by atoms with Crippen LogP contribution in [-0.4, -0.2) is 65.6 Å². The van der Waals surface area contributed by atoms with Gasteiger partial charge in [-0.2, -0.15) is 4.31 Å². The third-order valence-electron chi connectivity index (χ3n) is 7.17. The van der Waals surface area contributed by atoms with E-state index in [0.717, 1.165) is 29.8 Å². The van der Waals surface area contributed by atoms with Crippen molar-refractivity contribution in [3.05, 3.63) is 82.7 Å². The number of imidazole rings is 1. The molecule has 3 aromatic rings. The summed E-state index contributed by atoms with van der Waals surface area (Å²) in [6.45, 7) is 1.74. The number of hydrogen-bond donors (Lipinski definition) is 0. The maximum atomic E-state index is 14.2. The Labute approximate surface area is 224 Å². The van der Waals surface area contributed by atoms with Crippen molar-refractivity contribution in [3.63, 3.8) is 0 Å². The molecule has 12 heteroatoms. The molecule has 0 aliphatic carbocycles. The minimum atomic E-state index is -3.66. The molecule has 2 unspecified atom stereocenters. The fraction of sp³-hybridized carbons (Fsp3) is 0.333. The molecular weight excluding hydrogens is 533 g/mol. The number of halogens is 3. The lowest BCUT2D eigenvalue weighted by Crippen LogP contribution is -2.59. The molecule has 2 fully saturated rings. The van der Waals surface area contributed by atoms with Gasteiger partial charge in [0.1, 0.15) is 5.75 Å². The fourth-order valence-corrected chi connectivity index (χ4v) is 6.11. The molecule has 0 bridgehead atoms. The number of aromatic nitrogens is 2. The Morgan fingerprint density at radius 2 is 1.82 bits per heavy atom. The van der Waals surface area contributed by atoms with Crippen molar-refractivity contribution >= 4 is 22.0 Å². The summed E-state index contributed by atoms with van der Waals surface area (Å²) in [6.07, 6.45) is 7.13. The maximum Gasteiger partial charge on any atom is 0.250 e. The number of methoxy groups -OCH3 is 1. The molecule has 39 heavy (non-hydrogen) atoms. The third kappa shape index (κ3) is 5.18. The molecule has 3 heterocycles. The predicted octanol–water partition coefficient (Wildman–Crippen LogP) is 4.00. The molecule has 0 saturated carbocycles. The van der Waals surface area contributed by atoms with Crippen molar-refractivity contribution in [2.75, 3.05) is 26.5 Å². The van der Waals surface area contributed by atoms with Gasteiger partial charge in [0.15, 0.2) is 17.5 Å². The highest BCUT2D eigenvalue weighted by molar-refractivity contribution is 7.88. The van der Waals surface area contributed by atoms with E-state index in [-0.39, 0.29) is 24.6 Å². The molecule has 1 aromatic heterocycles. The van der Waals surface area contributed by atoms with Crippen LogP contribution in [0.1, 0.15) is 35.7 Å². The summed E-state index contributed by atoms with van der Waals surface area (Å²) in [7, 11) is -2.12. The summed E-state index contributed by atoms with van der Waals surface area (Å²) in [4.78, 5) is 19.5. The lowest BCUT2D eigenvalue weighted by atomic mass is 9.89. The van der Waals surface area contributed by atoms with Gasteiger partial charge in [0.2, 0.25) is 10.0 Å². The van der Waals surface area contributed by atoms with Crippen molar-refractivity contribution in [1.82, 2.24) is 18.8 Å². The molecule has 2 aromatic carbocycles. The number of rotatable bonds is 5. The zero-order chi connectivity index (χ0) is 28.1. The van der Waals surface area contributed by atoms with E-state index in [1.54, 1.807) is 25.6 Å². The first kappa shape index (κ1) is 26.9. The second-order valence-corrected chi connectivity index (χ2v) is 11.8. The number of piperidine rings is 1. The Bertz CT molecular complexity index is 1560. The molecule has 1 amide bonds. The minimum absolute atomic E-state index is 0.0130. The van der Waals surface area contributed by atoms with Crippen molar-refractivity contribution in [2.24, 2.45) is 0 Å². The van der Waals surface area contributed by atoms with E-state index in [9.17, 15) is 26.4 Å². The first-order valence-corrected chi connectivity index (χ1v) is 14.1. The van der Waals surface area contributed by atoms with Crippen molar-refractivity contribution < 1.29 is 31.1 Å². The molecule has 5 rings (SSSR count). The van der Waals surface area contributed by atoms with Crippen LogP contribution in [0.5, 0.6) is 5.75 Å². The second kappa shape index (κ2) is 10.2. The maximum absolute atomic E-state index is 14.2. The van der Waals surface area contributed by atoms with E-state index < -0.39 is 39.6 Å². The van der Waals surface area contributed by atoms with Crippen LogP contribution in [0.25, 0.3) is 11.8 Å². The fourth-order valence-electron chi connectivity index (χ4n) is 5.26. The Hall–Kier alpha value is -3.64. The van der Waals surface area contributed by atoms with Gasteiger partial charge in [-0.05, 0) is 61.2 Å². The van der Waals surface area contributed by atoms with Crippen LogP contribution in [0.15, 0.2) is 48.4 Å². The van der Waals surface area contributed by atoms with Crippen LogP contribution in [0.4, 0.5) is 13.2 Å². The Morgan fingerprint density at radius 1 is 1.10 bits per heavy atom. The number of hydrogen-bond acceptors (Lipinski definition) is 5. The standard InChI is InChI=1S/C27H27F3N4O4S/c1-16-12-32(15-31-16)23-7-4-17(9-25(23)38-2)8-18-5-6-20-13-33(39(3,36)37)14-24(34(20)27(18)35)19-10-21(28)26(30)22(29)11-19/h4,7-12,15,20,24H,5-6,13-14H2,1-3H3. The first-order valence-electron chi connectivity index (χ1n) is 12.3. The summed E-state index contributed by atoms with van der Waals surface area (Å²) in [5, 5.41) is 0. The van der Waals surface area contributed by atoms with E-state index in [1.807, 2.05) is 29.8 Å². The molecule has 0 N–H and O–H groups in total. The normalized spacial score (nSPS) is 21.3. The Balaban J connectivity index is 1.51. The topological polar surface area (TPSA) is 84.7 Å². The molecular formula is C27H27F3N4O4S. The number of amides is 1. The number of carbonyl (C=O) groups is 1. The molecule has 2 atom stereocenters. The number of sulfonamides is 1. The van der Waals surface area contributed by atoms with Gasteiger partial charge in [-0.3, -0.25) is 4.79 Å². The minimum Gasteiger partial charge on any atom is -0.495 e. The highest BCUT2D eigenvalue weighted by Gasteiger charge is 2.44. The summed E-state index contributed by atoms with van der Waals surface area (Å²) >= 11 is 0. The van der Waals surface area contributed by atoms with Gasteiger partial charge < -0.3 is 14.2 Å². The van der Waals surface area contributed by atoms with E-state index >= 15 is 0 Å². The van der Waals surface area contributed by atoms with Gasteiger partial charge >= 0.3 is 0 Å². The summed E-state index contributed by atoms with van der Waals surface area (Å²) in [6, 6.07) is 5.60. The van der Waals surface area contributed by atoms with E-state index in [4.69, 9.17) is 4.74 Å². The number of nitrogens with zero attached hydrogens (tertiary/aromatic N) is 4. The van der Waals surface area contributed by atoms with Gasteiger partial charge in [-0.1, -0.05) is 6.07 Å². The van der Waals surface area contributed by atoms with E-state index in [0.29, 0.717) is 29.7 Å². The monoisotopic (exact) mass is 560 g/mol. The van der Waals surface area contributed by atoms with Gasteiger partial charge in [0.25, 0.3) is 5.91 Å². The summed E-state index contributed by atoms with van der Waals surface area (Å²) in [5.41, 5.74) is 2.77. The number of carbonyl (C=O) groups excluding carboxylic acids is 1. The lowest BCUT2D eigenvalue weighted by molar-refractivity contribution is -0.137. The number of piperazine rings is 1. The van der Waals surface area contributed by atoms with Gasteiger partial charge in [-0.25, -0.2) is 26.6 Å². The molecule has 2 saturated heterocycles. The quantitative estimate of drug-likeness (QED) is 0.348. The van der Waals surface area contributed by atoms with Crippen LogP contribution in [0.3, 0.4) is 0 Å². The van der Waals surface area contributed by atoms with Crippen LogP contribution in [0.2, 0.25) is 0 Å². The second-order valence-electron chi connectivity index (χ2n) is 9.82. The van der Waals surface area contributed by atoms with Gasteiger partial charge in [-0.15, -0.1) is 0 Å². The van der Waals surface area contributed by atoms with Crippen molar-refractivity contribution in [3.8, 4) is 11.4 Å². The molecule has 8 nitrogen and oxygen atoms in total.